The first-order chi connectivity index (χ1) is 31.5. The van der Waals surface area contributed by atoms with E-state index in [1.165, 1.54) is 125 Å². The summed E-state index contributed by atoms with van der Waals surface area (Å²) < 4.78 is 5.27. The second-order valence-electron chi connectivity index (χ2n) is 22.5. The average molecular weight is 870 g/mol. The summed E-state index contributed by atoms with van der Waals surface area (Å²) in [6, 6.07) is 54.1. The Bertz CT molecular complexity index is 3770. The van der Waals surface area contributed by atoms with Gasteiger partial charge < -0.3 is 9.88 Å². The van der Waals surface area contributed by atoms with Crippen LogP contribution in [0.3, 0.4) is 0 Å². The van der Waals surface area contributed by atoms with E-state index in [9.17, 15) is 0 Å². The molecule has 0 fully saturated rings. The van der Waals surface area contributed by atoms with Gasteiger partial charge in [-0.1, -0.05) is 160 Å². The molecule has 321 valence electrons. The lowest BCUT2D eigenvalue weighted by Crippen LogP contribution is -2.37. The van der Waals surface area contributed by atoms with Crippen molar-refractivity contribution >= 4 is 82.9 Å². The summed E-state index contributed by atoms with van der Waals surface area (Å²) in [6.07, 6.45) is 0. The molecule has 66 heavy (non-hydrogen) atoms. The minimum atomic E-state index is -0.162. The SMILES string of the molecule is CC(C)(C)c1ccc(Nc2cc3c(cc2-c2ccc4c5cc6c(cc5n5c4c2[B]c2cc4sc7ccccc7c4cc2-5)-c2ccccc2C6(C)C)-c2cc(C(C)(C)C)ccc2C3(C)C)cc1. The lowest BCUT2D eigenvalue weighted by Gasteiger charge is -2.26. The molecule has 8 aromatic carbocycles. The number of thiophene rings is 1. The van der Waals surface area contributed by atoms with Crippen LogP contribution in [-0.2, 0) is 21.7 Å². The number of hydrogen-bond donors (Lipinski definition) is 1. The van der Waals surface area contributed by atoms with E-state index in [1.54, 1.807) is 0 Å². The van der Waals surface area contributed by atoms with Crippen LogP contribution in [0, 0.1) is 0 Å². The first-order valence-electron chi connectivity index (χ1n) is 23.7. The molecule has 0 spiro atoms. The van der Waals surface area contributed by atoms with Gasteiger partial charge in [-0.2, -0.15) is 0 Å². The van der Waals surface area contributed by atoms with Crippen LogP contribution in [0.1, 0.15) is 103 Å². The van der Waals surface area contributed by atoms with E-state index < -0.39 is 0 Å². The molecule has 0 unspecified atom stereocenters. The predicted octanol–water partition coefficient (Wildman–Crippen LogP) is 15.7. The maximum absolute atomic E-state index is 4.03. The third-order valence-corrected chi connectivity index (χ3v) is 16.9. The number of hydrogen-bond acceptors (Lipinski definition) is 2. The number of aromatic nitrogens is 1. The molecule has 0 atom stereocenters. The smallest absolute Gasteiger partial charge is 0.197 e. The summed E-state index contributed by atoms with van der Waals surface area (Å²) in [7, 11) is 2.51. The second-order valence-corrected chi connectivity index (χ2v) is 23.6. The number of rotatable bonds is 3. The van der Waals surface area contributed by atoms with Crippen molar-refractivity contribution in [1.29, 1.82) is 0 Å². The Balaban J connectivity index is 1.11. The maximum atomic E-state index is 4.03. The molecule has 1 radical (unpaired) electrons. The molecular formula is C62H54BN2S. The van der Waals surface area contributed by atoms with Gasteiger partial charge in [-0.25, -0.2) is 0 Å². The Morgan fingerprint density at radius 3 is 1.92 bits per heavy atom. The van der Waals surface area contributed by atoms with Crippen LogP contribution in [0.25, 0.3) is 81.0 Å². The Morgan fingerprint density at radius 2 is 1.15 bits per heavy atom. The van der Waals surface area contributed by atoms with Gasteiger partial charge in [-0.05, 0) is 132 Å². The summed E-state index contributed by atoms with van der Waals surface area (Å²) >= 11 is 1.90. The number of nitrogens with zero attached hydrogens (tertiary/aromatic N) is 1. The van der Waals surface area contributed by atoms with Crippen molar-refractivity contribution in [1.82, 2.24) is 4.57 Å². The van der Waals surface area contributed by atoms with Gasteiger partial charge in [-0.15, -0.1) is 11.3 Å². The Morgan fingerprint density at radius 1 is 0.485 bits per heavy atom. The molecule has 1 aliphatic heterocycles. The zero-order chi connectivity index (χ0) is 45.4. The van der Waals surface area contributed by atoms with Crippen LogP contribution in [0.15, 0.2) is 140 Å². The van der Waals surface area contributed by atoms with Crippen molar-refractivity contribution in [3.8, 4) is 39.1 Å². The molecule has 0 saturated heterocycles. The highest BCUT2D eigenvalue weighted by Crippen LogP contribution is 2.54. The first kappa shape index (κ1) is 40.0. The third-order valence-electron chi connectivity index (χ3n) is 15.7. The van der Waals surface area contributed by atoms with Gasteiger partial charge >= 0.3 is 0 Å². The fourth-order valence-corrected chi connectivity index (χ4v) is 13.1. The van der Waals surface area contributed by atoms with E-state index in [0.29, 0.717) is 0 Å². The van der Waals surface area contributed by atoms with Gasteiger partial charge in [0.2, 0.25) is 0 Å². The third kappa shape index (κ3) is 5.48. The van der Waals surface area contributed by atoms with E-state index in [4.69, 9.17) is 0 Å². The van der Waals surface area contributed by atoms with E-state index in [-0.39, 0.29) is 21.7 Å². The zero-order valence-corrected chi connectivity index (χ0v) is 40.5. The van der Waals surface area contributed by atoms with Crippen molar-refractivity contribution in [2.45, 2.75) is 90.9 Å². The minimum absolute atomic E-state index is 0.0355. The predicted molar refractivity (Wildman–Crippen MR) is 286 cm³/mol. The second kappa shape index (κ2) is 13.2. The number of nitrogens with one attached hydrogen (secondary N) is 1. The van der Waals surface area contributed by atoms with Crippen LogP contribution in [0.2, 0.25) is 0 Å². The molecular weight excluding hydrogens is 816 g/mol. The molecule has 0 amide bonds. The summed E-state index contributed by atoms with van der Waals surface area (Å²) in [5, 5.41) is 9.28. The summed E-state index contributed by atoms with van der Waals surface area (Å²) in [5.41, 5.74) is 24.5. The van der Waals surface area contributed by atoms with Crippen LogP contribution >= 0.6 is 11.3 Å². The number of benzene rings is 8. The van der Waals surface area contributed by atoms with Gasteiger partial charge in [-0.3, -0.25) is 0 Å². The molecule has 3 aliphatic rings. The highest BCUT2D eigenvalue weighted by atomic mass is 32.1. The Kier molecular flexibility index (Phi) is 7.97. The maximum Gasteiger partial charge on any atom is 0.197 e. The fourth-order valence-electron chi connectivity index (χ4n) is 12.0. The molecule has 4 heteroatoms. The van der Waals surface area contributed by atoms with Crippen molar-refractivity contribution in [2.75, 3.05) is 5.32 Å². The zero-order valence-electron chi connectivity index (χ0n) is 39.7. The van der Waals surface area contributed by atoms with Gasteiger partial charge in [0.05, 0.1) is 5.52 Å². The Hall–Kier alpha value is -6.36. The standard InChI is InChI=1S/C62H54BN2S/c1-59(2,3)34-19-22-36(23-20-34)64-52-32-50-42(41-27-35(60(4,5)6)21-26-48(41)62(50,9)10)28-44(52)39-24-25-40-45-29-49-43(37-15-11-13-17-47(37)61(49,7)8)30-53(45)65-54-31-46-38-16-12-14-18-55(38)66-56(46)33-51(54)63-57(39)58(40)65/h11-33,64H,1-10H3. The molecule has 0 bridgehead atoms. The minimum Gasteiger partial charge on any atom is -0.355 e. The van der Waals surface area contributed by atoms with Crippen LogP contribution < -0.4 is 16.2 Å². The molecule has 0 saturated carbocycles. The summed E-state index contributed by atoms with van der Waals surface area (Å²) in [5.74, 6) is 0. The quantitative estimate of drug-likeness (QED) is 0.175. The average Bonchev–Trinajstić information content (AvgIpc) is 3.95. The van der Waals surface area contributed by atoms with Crippen molar-refractivity contribution in [2.24, 2.45) is 0 Å². The normalized spacial score (nSPS) is 15.2. The van der Waals surface area contributed by atoms with Gasteiger partial charge in [0.15, 0.2) is 7.28 Å². The van der Waals surface area contributed by atoms with Crippen LogP contribution in [-0.4, -0.2) is 11.8 Å². The van der Waals surface area contributed by atoms with Crippen LogP contribution in [0.4, 0.5) is 11.4 Å². The van der Waals surface area contributed by atoms with E-state index in [0.717, 1.165) is 11.4 Å². The summed E-state index contributed by atoms with van der Waals surface area (Å²) in [6.45, 7) is 23.4. The van der Waals surface area contributed by atoms with E-state index >= 15 is 0 Å². The van der Waals surface area contributed by atoms with Gasteiger partial charge in [0.1, 0.15) is 0 Å². The molecule has 13 rings (SSSR count). The van der Waals surface area contributed by atoms with E-state index in [2.05, 4.69) is 226 Å². The largest absolute Gasteiger partial charge is 0.355 e. The van der Waals surface area contributed by atoms with Gasteiger partial charge in [0.25, 0.3) is 0 Å². The molecule has 2 nitrogen and oxygen atoms in total. The molecule has 2 aliphatic carbocycles. The van der Waals surface area contributed by atoms with Gasteiger partial charge in [0, 0.05) is 69.9 Å². The van der Waals surface area contributed by atoms with E-state index in [1.807, 2.05) is 11.3 Å². The monoisotopic (exact) mass is 869 g/mol. The lowest BCUT2D eigenvalue weighted by atomic mass is 9.59. The highest BCUT2D eigenvalue weighted by molar-refractivity contribution is 7.26. The number of fused-ring (bicyclic) bond motifs is 14. The lowest BCUT2D eigenvalue weighted by molar-refractivity contribution is 0.589. The topological polar surface area (TPSA) is 17.0 Å². The van der Waals surface area contributed by atoms with Crippen molar-refractivity contribution in [3.05, 3.63) is 173 Å². The number of anilines is 2. The highest BCUT2D eigenvalue weighted by Gasteiger charge is 2.39. The Labute approximate surface area is 393 Å². The molecule has 10 aromatic rings. The fraction of sp³-hybridized carbons (Fsp3) is 0.226. The summed E-state index contributed by atoms with van der Waals surface area (Å²) in [4.78, 5) is 0. The molecule has 1 N–H and O–H groups in total. The van der Waals surface area contributed by atoms with Crippen molar-refractivity contribution in [3.63, 3.8) is 0 Å². The molecule has 3 heterocycles. The first-order valence-corrected chi connectivity index (χ1v) is 24.6. The van der Waals surface area contributed by atoms with Crippen molar-refractivity contribution < 1.29 is 0 Å². The van der Waals surface area contributed by atoms with Crippen LogP contribution in [0.5, 0.6) is 0 Å². The molecule has 2 aromatic heterocycles.